The molecule has 1 aromatic carbocycles. The quantitative estimate of drug-likeness (QED) is 0.521. The van der Waals surface area contributed by atoms with Gasteiger partial charge in [0.05, 0.1) is 21.8 Å². The van der Waals surface area contributed by atoms with Gasteiger partial charge in [-0.05, 0) is 68.6 Å². The molecule has 2 saturated carbocycles. The molecule has 210 valence electrons. The molecule has 10 heteroatoms. The van der Waals surface area contributed by atoms with Crippen molar-refractivity contribution in [2.24, 2.45) is 17.8 Å². The molecule has 0 radical (unpaired) electrons. The molecule has 2 aromatic rings. The summed E-state index contributed by atoms with van der Waals surface area (Å²) in [7, 11) is -3.80. The Balaban J connectivity index is 1.38. The van der Waals surface area contributed by atoms with Gasteiger partial charge in [-0.2, -0.15) is 4.31 Å². The fraction of sp³-hybridized carbons (Fsp3) is 0.714. The van der Waals surface area contributed by atoms with Crippen molar-refractivity contribution in [3.05, 3.63) is 24.0 Å². The van der Waals surface area contributed by atoms with Crippen molar-refractivity contribution < 1.29 is 22.0 Å². The molecule has 1 N–H and O–H groups in total. The number of carbonyl (C=O) groups excluding carboxylic acids is 1. The number of alkyl halides is 2. The van der Waals surface area contributed by atoms with Crippen molar-refractivity contribution in [2.45, 2.75) is 94.9 Å². The second kappa shape index (κ2) is 10.2. The number of carbonyl (C=O) groups is 1. The van der Waals surface area contributed by atoms with Gasteiger partial charge in [-0.25, -0.2) is 22.2 Å². The van der Waals surface area contributed by atoms with Crippen LogP contribution in [0.15, 0.2) is 23.1 Å². The van der Waals surface area contributed by atoms with Crippen molar-refractivity contribution in [1.82, 2.24) is 19.2 Å². The number of imidazole rings is 1. The van der Waals surface area contributed by atoms with E-state index in [0.29, 0.717) is 56.8 Å². The van der Waals surface area contributed by atoms with Crippen molar-refractivity contribution >= 4 is 27.0 Å². The van der Waals surface area contributed by atoms with Gasteiger partial charge in [-0.1, -0.05) is 20.8 Å². The predicted octanol–water partition coefficient (Wildman–Crippen LogP) is 5.09. The summed E-state index contributed by atoms with van der Waals surface area (Å²) >= 11 is 0. The van der Waals surface area contributed by atoms with E-state index >= 15 is 0 Å². The fourth-order valence-corrected chi connectivity index (χ4v) is 7.35. The Morgan fingerprint density at radius 2 is 1.82 bits per heavy atom. The number of nitrogens with one attached hydrogen (secondary N) is 1. The van der Waals surface area contributed by atoms with Gasteiger partial charge in [0, 0.05) is 44.4 Å². The smallest absolute Gasteiger partial charge is 0.248 e. The third kappa shape index (κ3) is 5.91. The molecule has 2 heterocycles. The topological polar surface area (TPSA) is 84.3 Å². The second-order valence-electron chi connectivity index (χ2n) is 12.6. The highest BCUT2D eigenvalue weighted by Gasteiger charge is 2.37. The van der Waals surface area contributed by atoms with Crippen LogP contribution in [0.25, 0.3) is 11.0 Å². The molecule has 1 amide bonds. The van der Waals surface area contributed by atoms with Crippen LogP contribution in [-0.2, 0) is 26.8 Å². The summed E-state index contributed by atoms with van der Waals surface area (Å²) in [5.41, 5.74) is 1.11. The molecular formula is C28H40F2N4O3S. The van der Waals surface area contributed by atoms with E-state index in [1.165, 1.54) is 4.31 Å². The van der Waals surface area contributed by atoms with Crippen LogP contribution in [-0.4, -0.2) is 53.7 Å². The number of amides is 1. The lowest BCUT2D eigenvalue weighted by Gasteiger charge is -2.31. The van der Waals surface area contributed by atoms with Crippen LogP contribution >= 0.6 is 0 Å². The zero-order chi connectivity index (χ0) is 27.3. The molecule has 1 aromatic heterocycles. The van der Waals surface area contributed by atoms with E-state index in [9.17, 15) is 22.0 Å². The van der Waals surface area contributed by atoms with Crippen LogP contribution in [0.3, 0.4) is 0 Å². The van der Waals surface area contributed by atoms with E-state index in [1.54, 1.807) is 18.2 Å². The molecule has 1 atom stereocenters. The summed E-state index contributed by atoms with van der Waals surface area (Å²) in [5.74, 6) is -1.44. The number of benzene rings is 1. The Morgan fingerprint density at radius 3 is 2.47 bits per heavy atom. The molecule has 7 nitrogen and oxygen atoms in total. The van der Waals surface area contributed by atoms with Crippen LogP contribution in [0, 0.1) is 17.8 Å². The highest BCUT2D eigenvalue weighted by atomic mass is 32.2. The number of aromatic nitrogens is 2. The second-order valence-corrected chi connectivity index (χ2v) is 14.6. The minimum absolute atomic E-state index is 0.0544. The Bertz CT molecular complexity index is 1290. The van der Waals surface area contributed by atoms with Crippen molar-refractivity contribution in [3.8, 4) is 0 Å². The summed E-state index contributed by atoms with van der Waals surface area (Å²) in [6.45, 7) is 8.01. The Morgan fingerprint density at radius 1 is 1.11 bits per heavy atom. The maximum Gasteiger partial charge on any atom is 0.248 e. The van der Waals surface area contributed by atoms with Gasteiger partial charge in [0.1, 0.15) is 5.82 Å². The SMILES string of the molecule is CC(C)(C)c1nc2cc(S(=O)(=O)N3CCCC(C(=O)NCC4CC4)C3)ccc2n1CC1CCC(F)(F)CC1. The van der Waals surface area contributed by atoms with Crippen molar-refractivity contribution in [3.63, 3.8) is 0 Å². The first-order valence-electron chi connectivity index (χ1n) is 14.0. The highest BCUT2D eigenvalue weighted by Crippen LogP contribution is 2.38. The minimum atomic E-state index is -3.80. The largest absolute Gasteiger partial charge is 0.356 e. The molecule has 38 heavy (non-hydrogen) atoms. The van der Waals surface area contributed by atoms with Crippen LogP contribution in [0.5, 0.6) is 0 Å². The number of fused-ring (bicyclic) bond motifs is 1. The van der Waals surface area contributed by atoms with E-state index in [1.807, 2.05) is 0 Å². The average Bonchev–Trinajstić information content (AvgIpc) is 3.63. The predicted molar refractivity (Wildman–Crippen MR) is 143 cm³/mol. The van der Waals surface area contributed by atoms with Gasteiger partial charge >= 0.3 is 0 Å². The molecular weight excluding hydrogens is 510 g/mol. The number of hydrogen-bond donors (Lipinski definition) is 1. The Hall–Kier alpha value is -2.07. The molecule has 5 rings (SSSR count). The molecule has 3 aliphatic rings. The first-order valence-corrected chi connectivity index (χ1v) is 15.4. The fourth-order valence-electron chi connectivity index (χ4n) is 5.80. The van der Waals surface area contributed by atoms with Gasteiger partial charge in [0.25, 0.3) is 0 Å². The summed E-state index contributed by atoms with van der Waals surface area (Å²) < 4.78 is 58.2. The van der Waals surface area contributed by atoms with E-state index < -0.39 is 15.9 Å². The first kappa shape index (κ1) is 27.5. The van der Waals surface area contributed by atoms with Gasteiger partial charge in [-0.3, -0.25) is 4.79 Å². The lowest BCUT2D eigenvalue weighted by atomic mass is 9.86. The third-order valence-corrected chi connectivity index (χ3v) is 10.2. The van der Waals surface area contributed by atoms with Gasteiger partial charge in [-0.15, -0.1) is 0 Å². The van der Waals surface area contributed by atoms with Gasteiger partial charge < -0.3 is 9.88 Å². The lowest BCUT2D eigenvalue weighted by Crippen LogP contribution is -2.45. The Kier molecular flexibility index (Phi) is 7.35. The monoisotopic (exact) mass is 550 g/mol. The van der Waals surface area contributed by atoms with E-state index in [2.05, 4.69) is 30.7 Å². The van der Waals surface area contributed by atoms with Crippen LogP contribution in [0.2, 0.25) is 0 Å². The zero-order valence-electron chi connectivity index (χ0n) is 22.7. The molecule has 0 bridgehead atoms. The number of halogens is 2. The molecule has 1 unspecified atom stereocenters. The maximum absolute atomic E-state index is 13.7. The lowest BCUT2D eigenvalue weighted by molar-refractivity contribution is -0.126. The molecule has 2 aliphatic carbocycles. The summed E-state index contributed by atoms with van der Waals surface area (Å²) in [6.07, 6.45) is 4.38. The average molecular weight is 551 g/mol. The highest BCUT2D eigenvalue weighted by molar-refractivity contribution is 7.89. The summed E-state index contributed by atoms with van der Waals surface area (Å²) in [6, 6.07) is 5.04. The third-order valence-electron chi connectivity index (χ3n) is 8.32. The molecule has 3 fully saturated rings. The number of rotatable bonds is 7. The normalized spacial score (nSPS) is 23.6. The maximum atomic E-state index is 13.7. The van der Waals surface area contributed by atoms with E-state index in [-0.39, 0.29) is 47.4 Å². The van der Waals surface area contributed by atoms with E-state index in [4.69, 9.17) is 4.98 Å². The molecule has 1 aliphatic heterocycles. The standard InChI is InChI=1S/C28H40F2N4O3S/c1-27(2,3)26-32-23-15-22(8-9-24(23)34(26)17-20-10-12-28(29,30)13-11-20)38(36,37)33-14-4-5-21(18-33)25(35)31-16-19-6-7-19/h8-9,15,19-21H,4-7,10-14,16-18H2,1-3H3,(H,31,35). The first-order chi connectivity index (χ1) is 17.8. The Labute approximate surface area is 224 Å². The molecule has 0 spiro atoms. The van der Waals surface area contributed by atoms with E-state index in [0.717, 1.165) is 24.2 Å². The van der Waals surface area contributed by atoms with Crippen molar-refractivity contribution in [1.29, 1.82) is 0 Å². The number of hydrogen-bond acceptors (Lipinski definition) is 4. The van der Waals surface area contributed by atoms with Crippen LogP contribution < -0.4 is 5.32 Å². The van der Waals surface area contributed by atoms with Crippen LogP contribution in [0.1, 0.15) is 78.0 Å². The summed E-state index contributed by atoms with van der Waals surface area (Å²) in [4.78, 5) is 17.7. The molecule has 1 saturated heterocycles. The number of nitrogens with zero attached hydrogens (tertiary/aromatic N) is 3. The van der Waals surface area contributed by atoms with Crippen molar-refractivity contribution in [2.75, 3.05) is 19.6 Å². The zero-order valence-corrected chi connectivity index (χ0v) is 23.5. The van der Waals surface area contributed by atoms with Gasteiger partial charge in [0.15, 0.2) is 0 Å². The number of sulfonamides is 1. The van der Waals surface area contributed by atoms with Gasteiger partial charge in [0.2, 0.25) is 21.9 Å². The minimum Gasteiger partial charge on any atom is -0.356 e. The van der Waals surface area contributed by atoms with Crippen LogP contribution in [0.4, 0.5) is 8.78 Å². The number of piperidine rings is 1. The summed E-state index contributed by atoms with van der Waals surface area (Å²) in [5, 5.41) is 3.00.